The first kappa shape index (κ1) is 29.4. The standard InChI is InChI=1S/C47H33N3/c1-3-13-40(14-4-1)49(41-15-5-2-6-16-41)43-17-11-12-37(31-43)34-22-24-35(25-23-34)38-30-39(33-48-32-38)36-26-28-42(29-27-36)50-46-20-9-7-18-44(46)45-19-8-10-21-47(45)50/h1-33H. The zero-order valence-electron chi connectivity index (χ0n) is 27.4. The molecule has 0 saturated heterocycles. The molecule has 2 aromatic heterocycles. The molecular formula is C47H33N3. The molecule has 50 heavy (non-hydrogen) atoms. The highest BCUT2D eigenvalue weighted by Crippen LogP contribution is 2.37. The molecule has 7 aromatic carbocycles. The Kier molecular flexibility index (Phi) is 7.49. The van der Waals surface area contributed by atoms with Crippen molar-refractivity contribution in [3.05, 3.63) is 200 Å². The van der Waals surface area contributed by atoms with Gasteiger partial charge in [0.25, 0.3) is 0 Å². The van der Waals surface area contributed by atoms with Crippen molar-refractivity contribution >= 4 is 38.9 Å². The molecule has 0 aliphatic rings. The number of benzene rings is 7. The summed E-state index contributed by atoms with van der Waals surface area (Å²) in [5.41, 5.74) is 13.7. The number of rotatable bonds is 7. The molecule has 0 unspecified atom stereocenters. The molecule has 9 rings (SSSR count). The molecule has 0 N–H and O–H groups in total. The van der Waals surface area contributed by atoms with Crippen LogP contribution in [0.3, 0.4) is 0 Å². The average molecular weight is 640 g/mol. The van der Waals surface area contributed by atoms with Gasteiger partial charge < -0.3 is 9.47 Å². The third-order valence-corrected chi connectivity index (χ3v) is 9.46. The Morgan fingerprint density at radius 3 is 1.36 bits per heavy atom. The van der Waals surface area contributed by atoms with Gasteiger partial charge in [-0.2, -0.15) is 0 Å². The van der Waals surface area contributed by atoms with Gasteiger partial charge in [-0.15, -0.1) is 0 Å². The van der Waals surface area contributed by atoms with E-state index in [0.717, 1.165) is 45.0 Å². The van der Waals surface area contributed by atoms with Crippen molar-refractivity contribution in [1.29, 1.82) is 0 Å². The molecule has 0 bridgehead atoms. The van der Waals surface area contributed by atoms with Gasteiger partial charge >= 0.3 is 0 Å². The smallest absolute Gasteiger partial charge is 0.0541 e. The lowest BCUT2D eigenvalue weighted by Gasteiger charge is -2.25. The van der Waals surface area contributed by atoms with Crippen molar-refractivity contribution < 1.29 is 0 Å². The molecule has 236 valence electrons. The lowest BCUT2D eigenvalue weighted by Crippen LogP contribution is -2.09. The summed E-state index contributed by atoms with van der Waals surface area (Å²) in [6.07, 6.45) is 3.90. The highest BCUT2D eigenvalue weighted by atomic mass is 15.1. The fourth-order valence-corrected chi connectivity index (χ4v) is 7.04. The third kappa shape index (κ3) is 5.41. The van der Waals surface area contributed by atoms with Crippen molar-refractivity contribution in [3.63, 3.8) is 0 Å². The van der Waals surface area contributed by atoms with E-state index in [1.165, 1.54) is 32.9 Å². The highest BCUT2D eigenvalue weighted by molar-refractivity contribution is 6.09. The van der Waals surface area contributed by atoms with E-state index in [2.05, 4.69) is 203 Å². The van der Waals surface area contributed by atoms with Crippen LogP contribution in [0, 0.1) is 0 Å². The van der Waals surface area contributed by atoms with E-state index in [4.69, 9.17) is 0 Å². The van der Waals surface area contributed by atoms with Gasteiger partial charge in [-0.05, 0) is 89.0 Å². The maximum absolute atomic E-state index is 4.65. The van der Waals surface area contributed by atoms with E-state index in [1.54, 1.807) is 0 Å². The minimum absolute atomic E-state index is 1.09. The first-order valence-corrected chi connectivity index (χ1v) is 17.0. The largest absolute Gasteiger partial charge is 0.310 e. The Morgan fingerprint density at radius 1 is 0.340 bits per heavy atom. The number of anilines is 3. The van der Waals surface area contributed by atoms with Gasteiger partial charge in [0, 0.05) is 57.0 Å². The van der Waals surface area contributed by atoms with Crippen molar-refractivity contribution in [1.82, 2.24) is 9.55 Å². The van der Waals surface area contributed by atoms with E-state index in [0.29, 0.717) is 0 Å². The highest BCUT2D eigenvalue weighted by Gasteiger charge is 2.14. The average Bonchev–Trinajstić information content (AvgIpc) is 3.54. The molecule has 0 fully saturated rings. The summed E-state index contributed by atoms with van der Waals surface area (Å²) in [4.78, 5) is 6.95. The van der Waals surface area contributed by atoms with E-state index in [1.807, 2.05) is 12.4 Å². The van der Waals surface area contributed by atoms with Gasteiger partial charge in [0.05, 0.1) is 11.0 Å². The van der Waals surface area contributed by atoms with Gasteiger partial charge in [0.15, 0.2) is 0 Å². The summed E-state index contributed by atoms with van der Waals surface area (Å²) in [6, 6.07) is 66.9. The summed E-state index contributed by atoms with van der Waals surface area (Å²) in [5, 5.41) is 2.54. The molecule has 2 heterocycles. The van der Waals surface area contributed by atoms with Crippen molar-refractivity contribution in [2.24, 2.45) is 0 Å². The molecule has 0 saturated carbocycles. The summed E-state index contributed by atoms with van der Waals surface area (Å²) in [6.45, 7) is 0. The van der Waals surface area contributed by atoms with Gasteiger partial charge in [-0.25, -0.2) is 0 Å². The molecule has 3 nitrogen and oxygen atoms in total. The second-order valence-electron chi connectivity index (χ2n) is 12.5. The molecule has 0 amide bonds. The Hall–Kier alpha value is -6.71. The minimum Gasteiger partial charge on any atom is -0.310 e. The van der Waals surface area contributed by atoms with Crippen LogP contribution in [-0.2, 0) is 0 Å². The molecule has 0 spiro atoms. The van der Waals surface area contributed by atoms with Crippen LogP contribution >= 0.6 is 0 Å². The predicted molar refractivity (Wildman–Crippen MR) is 210 cm³/mol. The first-order chi connectivity index (χ1) is 24.8. The summed E-state index contributed by atoms with van der Waals surface area (Å²) in [5.74, 6) is 0. The second-order valence-corrected chi connectivity index (χ2v) is 12.5. The van der Waals surface area contributed by atoms with Crippen molar-refractivity contribution in [3.8, 4) is 39.1 Å². The molecule has 0 atom stereocenters. The number of hydrogen-bond acceptors (Lipinski definition) is 2. The maximum Gasteiger partial charge on any atom is 0.0541 e. The topological polar surface area (TPSA) is 21.1 Å². The van der Waals surface area contributed by atoms with Crippen LogP contribution in [-0.4, -0.2) is 9.55 Å². The molecule has 0 aliphatic carbocycles. The van der Waals surface area contributed by atoms with E-state index < -0.39 is 0 Å². The Morgan fingerprint density at radius 2 is 0.800 bits per heavy atom. The molecule has 0 radical (unpaired) electrons. The zero-order chi connectivity index (χ0) is 33.3. The van der Waals surface area contributed by atoms with Crippen LogP contribution in [0.25, 0.3) is 60.9 Å². The number of hydrogen-bond donors (Lipinski definition) is 0. The summed E-state index contributed by atoms with van der Waals surface area (Å²) >= 11 is 0. The molecule has 3 heteroatoms. The number of pyridine rings is 1. The van der Waals surface area contributed by atoms with Crippen LogP contribution in [0.2, 0.25) is 0 Å². The quantitative estimate of drug-likeness (QED) is 0.173. The summed E-state index contributed by atoms with van der Waals surface area (Å²) < 4.78 is 2.35. The maximum atomic E-state index is 4.65. The SMILES string of the molecule is c1ccc(N(c2ccccc2)c2cccc(-c3ccc(-c4cncc(-c5ccc(-n6c7ccccc7c7ccccc76)cc5)c4)cc3)c2)cc1. The number of aromatic nitrogens is 2. The monoisotopic (exact) mass is 639 g/mol. The molecule has 0 aliphatic heterocycles. The number of nitrogens with zero attached hydrogens (tertiary/aromatic N) is 3. The third-order valence-electron chi connectivity index (χ3n) is 9.46. The minimum atomic E-state index is 1.09. The Balaban J connectivity index is 0.997. The van der Waals surface area contributed by atoms with Crippen LogP contribution in [0.5, 0.6) is 0 Å². The normalized spacial score (nSPS) is 11.2. The lowest BCUT2D eigenvalue weighted by molar-refractivity contribution is 1.18. The first-order valence-electron chi connectivity index (χ1n) is 17.0. The van der Waals surface area contributed by atoms with Crippen molar-refractivity contribution in [2.45, 2.75) is 0 Å². The molecular weight excluding hydrogens is 607 g/mol. The van der Waals surface area contributed by atoms with Gasteiger partial charge in [-0.1, -0.05) is 121 Å². The predicted octanol–water partition coefficient (Wildman–Crippen LogP) is 12.6. The van der Waals surface area contributed by atoms with Crippen LogP contribution in [0.1, 0.15) is 0 Å². The van der Waals surface area contributed by atoms with Gasteiger partial charge in [-0.3, -0.25) is 4.98 Å². The number of fused-ring (bicyclic) bond motifs is 3. The van der Waals surface area contributed by atoms with E-state index in [-0.39, 0.29) is 0 Å². The molecule has 9 aromatic rings. The van der Waals surface area contributed by atoms with Crippen LogP contribution < -0.4 is 4.90 Å². The Labute approximate surface area is 292 Å². The zero-order valence-corrected chi connectivity index (χ0v) is 27.4. The summed E-state index contributed by atoms with van der Waals surface area (Å²) in [7, 11) is 0. The van der Waals surface area contributed by atoms with E-state index >= 15 is 0 Å². The fourth-order valence-electron chi connectivity index (χ4n) is 7.04. The van der Waals surface area contributed by atoms with Crippen LogP contribution in [0.4, 0.5) is 17.1 Å². The van der Waals surface area contributed by atoms with E-state index in [9.17, 15) is 0 Å². The number of para-hydroxylation sites is 4. The van der Waals surface area contributed by atoms with Gasteiger partial charge in [0.1, 0.15) is 0 Å². The Bertz CT molecular complexity index is 2480. The fraction of sp³-hybridized carbons (Fsp3) is 0. The van der Waals surface area contributed by atoms with Crippen molar-refractivity contribution in [2.75, 3.05) is 4.90 Å². The van der Waals surface area contributed by atoms with Crippen LogP contribution in [0.15, 0.2) is 200 Å². The lowest BCUT2D eigenvalue weighted by atomic mass is 9.98. The second kappa shape index (κ2) is 12.7. The van der Waals surface area contributed by atoms with Gasteiger partial charge in [0.2, 0.25) is 0 Å².